The van der Waals surface area contributed by atoms with E-state index in [1.807, 2.05) is 12.1 Å². The lowest BCUT2D eigenvalue weighted by molar-refractivity contribution is -0.120. The van der Waals surface area contributed by atoms with Crippen LogP contribution in [0.1, 0.15) is 33.3 Å². The Balaban J connectivity index is 1.88. The molecule has 1 unspecified atom stereocenters. The SMILES string of the molecule is CC(C)C(CNC(=O)C1Cc2ccccc2S1)C(C)C. The maximum atomic E-state index is 12.3. The van der Waals surface area contributed by atoms with Crippen LogP contribution in [0.15, 0.2) is 29.2 Å². The van der Waals surface area contributed by atoms with Crippen LogP contribution in [0.3, 0.4) is 0 Å². The summed E-state index contributed by atoms with van der Waals surface area (Å²) in [7, 11) is 0. The smallest absolute Gasteiger partial charge is 0.233 e. The van der Waals surface area contributed by atoms with E-state index in [0.29, 0.717) is 17.8 Å². The van der Waals surface area contributed by atoms with E-state index in [2.05, 4.69) is 45.1 Å². The topological polar surface area (TPSA) is 29.1 Å². The highest BCUT2D eigenvalue weighted by Gasteiger charge is 2.28. The summed E-state index contributed by atoms with van der Waals surface area (Å²) >= 11 is 1.70. The second-order valence-corrected chi connectivity index (χ2v) is 7.56. The highest BCUT2D eigenvalue weighted by atomic mass is 32.2. The van der Waals surface area contributed by atoms with Crippen LogP contribution in [0.2, 0.25) is 0 Å². The molecule has 1 aliphatic heterocycles. The van der Waals surface area contributed by atoms with Gasteiger partial charge in [-0.25, -0.2) is 0 Å². The Hall–Kier alpha value is -0.960. The molecule has 1 atom stereocenters. The molecule has 1 aliphatic rings. The third-order valence-corrected chi connectivity index (χ3v) is 5.48. The van der Waals surface area contributed by atoms with Crippen molar-refractivity contribution in [3.8, 4) is 0 Å². The fourth-order valence-corrected chi connectivity index (χ4v) is 4.12. The number of hydrogen-bond acceptors (Lipinski definition) is 2. The molecule has 20 heavy (non-hydrogen) atoms. The Kier molecular flexibility index (Phi) is 5.14. The lowest BCUT2D eigenvalue weighted by Crippen LogP contribution is -2.38. The van der Waals surface area contributed by atoms with Gasteiger partial charge in [0.15, 0.2) is 0 Å². The normalized spacial score (nSPS) is 17.9. The third-order valence-electron chi connectivity index (χ3n) is 4.16. The van der Waals surface area contributed by atoms with E-state index in [4.69, 9.17) is 0 Å². The summed E-state index contributed by atoms with van der Waals surface area (Å²) in [6.07, 6.45) is 0.862. The van der Waals surface area contributed by atoms with Crippen LogP contribution < -0.4 is 5.32 Å². The molecule has 1 heterocycles. The minimum Gasteiger partial charge on any atom is -0.355 e. The van der Waals surface area contributed by atoms with Gasteiger partial charge in [-0.1, -0.05) is 45.9 Å². The number of carbonyl (C=O) groups excluding carboxylic acids is 1. The minimum atomic E-state index is 0.0485. The first kappa shape index (κ1) is 15.4. The number of thioether (sulfide) groups is 1. The second-order valence-electron chi connectivity index (χ2n) is 6.32. The molecule has 0 aliphatic carbocycles. The van der Waals surface area contributed by atoms with Gasteiger partial charge in [-0.05, 0) is 35.8 Å². The first-order valence-corrected chi connectivity index (χ1v) is 8.39. The molecule has 1 aromatic carbocycles. The molecule has 2 nitrogen and oxygen atoms in total. The zero-order valence-corrected chi connectivity index (χ0v) is 13.7. The monoisotopic (exact) mass is 291 g/mol. The number of hydrogen-bond donors (Lipinski definition) is 1. The summed E-state index contributed by atoms with van der Waals surface area (Å²) in [5.41, 5.74) is 1.31. The molecule has 0 bridgehead atoms. The highest BCUT2D eigenvalue weighted by Crippen LogP contribution is 2.36. The average Bonchev–Trinajstić information content (AvgIpc) is 2.81. The summed E-state index contributed by atoms with van der Waals surface area (Å²) < 4.78 is 0. The molecule has 3 heteroatoms. The Morgan fingerprint density at radius 3 is 2.50 bits per heavy atom. The van der Waals surface area contributed by atoms with Crippen molar-refractivity contribution in [2.24, 2.45) is 17.8 Å². The van der Waals surface area contributed by atoms with Crippen molar-refractivity contribution >= 4 is 17.7 Å². The molecule has 0 fully saturated rings. The van der Waals surface area contributed by atoms with Gasteiger partial charge in [-0.2, -0.15) is 0 Å². The van der Waals surface area contributed by atoms with Gasteiger partial charge in [0.1, 0.15) is 0 Å². The van der Waals surface area contributed by atoms with Crippen LogP contribution in [0.25, 0.3) is 0 Å². The maximum Gasteiger partial charge on any atom is 0.233 e. The molecule has 110 valence electrons. The molecular formula is C17H25NOS. The largest absolute Gasteiger partial charge is 0.355 e. The zero-order valence-electron chi connectivity index (χ0n) is 12.8. The van der Waals surface area contributed by atoms with Gasteiger partial charge in [-0.3, -0.25) is 4.79 Å². The van der Waals surface area contributed by atoms with Crippen molar-refractivity contribution in [2.45, 2.75) is 44.3 Å². The molecule has 1 aromatic rings. The summed E-state index contributed by atoms with van der Waals surface area (Å²) in [5.74, 6) is 1.94. The second kappa shape index (κ2) is 6.66. The van der Waals surface area contributed by atoms with Crippen molar-refractivity contribution in [1.29, 1.82) is 0 Å². The Labute approximate surface area is 126 Å². The molecule has 0 saturated heterocycles. The van der Waals surface area contributed by atoms with Gasteiger partial charge >= 0.3 is 0 Å². The fourth-order valence-electron chi connectivity index (χ4n) is 2.90. The van der Waals surface area contributed by atoms with Crippen LogP contribution in [-0.2, 0) is 11.2 Å². The molecule has 0 spiro atoms. The van der Waals surface area contributed by atoms with Gasteiger partial charge in [-0.15, -0.1) is 11.8 Å². The Morgan fingerprint density at radius 1 is 1.25 bits per heavy atom. The predicted molar refractivity (Wildman–Crippen MR) is 86.0 cm³/mol. The summed E-state index contributed by atoms with van der Waals surface area (Å²) in [5, 5.41) is 3.21. The van der Waals surface area contributed by atoms with Gasteiger partial charge in [0.25, 0.3) is 0 Å². The first-order valence-electron chi connectivity index (χ1n) is 7.51. The van der Waals surface area contributed by atoms with E-state index in [1.54, 1.807) is 11.8 Å². The molecule has 0 saturated carbocycles. The molecule has 0 radical (unpaired) electrons. The zero-order chi connectivity index (χ0) is 14.7. The summed E-state index contributed by atoms with van der Waals surface area (Å²) in [6, 6.07) is 8.33. The van der Waals surface area contributed by atoms with E-state index in [1.165, 1.54) is 10.5 Å². The number of rotatable bonds is 5. The summed E-state index contributed by atoms with van der Waals surface area (Å²) in [4.78, 5) is 13.6. The van der Waals surface area contributed by atoms with Crippen LogP contribution in [0, 0.1) is 17.8 Å². The quantitative estimate of drug-likeness (QED) is 0.895. The van der Waals surface area contributed by atoms with Gasteiger partial charge in [0, 0.05) is 11.4 Å². The lowest BCUT2D eigenvalue weighted by atomic mass is 9.85. The number of carbonyl (C=O) groups is 1. The van der Waals surface area contributed by atoms with Gasteiger partial charge < -0.3 is 5.32 Å². The number of benzene rings is 1. The van der Waals surface area contributed by atoms with Gasteiger partial charge in [0.2, 0.25) is 5.91 Å². The number of nitrogens with one attached hydrogen (secondary N) is 1. The van der Waals surface area contributed by atoms with Crippen molar-refractivity contribution in [3.63, 3.8) is 0 Å². The Bertz CT molecular complexity index is 437. The molecule has 0 aromatic heterocycles. The van der Waals surface area contributed by atoms with Crippen LogP contribution >= 0.6 is 11.8 Å². The van der Waals surface area contributed by atoms with Crippen molar-refractivity contribution in [1.82, 2.24) is 5.32 Å². The van der Waals surface area contributed by atoms with Crippen molar-refractivity contribution in [2.75, 3.05) is 6.54 Å². The van der Waals surface area contributed by atoms with E-state index in [-0.39, 0.29) is 11.2 Å². The molecular weight excluding hydrogens is 266 g/mol. The fraction of sp³-hybridized carbons (Fsp3) is 0.588. The Morgan fingerprint density at radius 2 is 1.90 bits per heavy atom. The van der Waals surface area contributed by atoms with E-state index >= 15 is 0 Å². The summed E-state index contributed by atoms with van der Waals surface area (Å²) in [6.45, 7) is 9.73. The van der Waals surface area contributed by atoms with Crippen molar-refractivity contribution < 1.29 is 4.79 Å². The van der Waals surface area contributed by atoms with Crippen LogP contribution in [-0.4, -0.2) is 17.7 Å². The lowest BCUT2D eigenvalue weighted by Gasteiger charge is -2.25. The number of fused-ring (bicyclic) bond motifs is 1. The van der Waals surface area contributed by atoms with E-state index in [0.717, 1.165) is 13.0 Å². The highest BCUT2D eigenvalue weighted by molar-refractivity contribution is 8.01. The van der Waals surface area contributed by atoms with E-state index < -0.39 is 0 Å². The first-order chi connectivity index (χ1) is 9.49. The van der Waals surface area contributed by atoms with Crippen LogP contribution in [0.4, 0.5) is 0 Å². The predicted octanol–water partition coefficient (Wildman–Crippen LogP) is 3.75. The molecule has 1 amide bonds. The molecule has 1 N–H and O–H groups in total. The molecule has 2 rings (SSSR count). The van der Waals surface area contributed by atoms with Crippen LogP contribution in [0.5, 0.6) is 0 Å². The van der Waals surface area contributed by atoms with Crippen molar-refractivity contribution in [3.05, 3.63) is 29.8 Å². The average molecular weight is 291 g/mol. The maximum absolute atomic E-state index is 12.3. The number of amides is 1. The minimum absolute atomic E-state index is 0.0485. The third kappa shape index (κ3) is 3.57. The standard InChI is InChI=1S/C17H25NOS/c1-11(2)14(12(3)4)10-18-17(19)16-9-13-7-5-6-8-15(13)20-16/h5-8,11-12,14,16H,9-10H2,1-4H3,(H,18,19). The van der Waals surface area contributed by atoms with E-state index in [9.17, 15) is 4.79 Å². The van der Waals surface area contributed by atoms with Gasteiger partial charge in [0.05, 0.1) is 5.25 Å².